The molecule has 37 heavy (non-hydrogen) atoms. The molecule has 4 aromatic rings. The summed E-state index contributed by atoms with van der Waals surface area (Å²) in [5.74, 6) is 1.35. The topological polar surface area (TPSA) is 135 Å². The van der Waals surface area contributed by atoms with Crippen molar-refractivity contribution >= 4 is 40.0 Å². The number of nitro groups is 1. The van der Waals surface area contributed by atoms with Crippen molar-refractivity contribution in [2.75, 3.05) is 41.3 Å². The van der Waals surface area contributed by atoms with Gasteiger partial charge in [0.05, 0.1) is 10.4 Å². The summed E-state index contributed by atoms with van der Waals surface area (Å²) < 4.78 is 1.35. The normalized spacial score (nSPS) is 13.7. The number of aryl methyl sites for hydroxylation is 2. The second-order valence-electron chi connectivity index (χ2n) is 9.03. The molecule has 0 aliphatic carbocycles. The highest BCUT2D eigenvalue weighted by Crippen LogP contribution is 2.27. The number of nitrogens with zero attached hydrogens (tertiary/aromatic N) is 8. The van der Waals surface area contributed by atoms with E-state index in [0.717, 1.165) is 54.4 Å². The fourth-order valence-corrected chi connectivity index (χ4v) is 4.65. The van der Waals surface area contributed by atoms with E-state index in [4.69, 9.17) is 4.98 Å². The van der Waals surface area contributed by atoms with Crippen LogP contribution in [0.1, 0.15) is 17.0 Å². The molecule has 0 unspecified atom stereocenters. The minimum Gasteiger partial charge on any atom is -0.353 e. The number of fused-ring (bicyclic) bond motifs is 1. The third kappa shape index (κ3) is 4.90. The highest BCUT2D eigenvalue weighted by molar-refractivity contribution is 5.94. The molecule has 1 aliphatic rings. The maximum atomic E-state index is 12.7. The van der Waals surface area contributed by atoms with E-state index in [-0.39, 0.29) is 23.8 Å². The van der Waals surface area contributed by atoms with Crippen molar-refractivity contribution in [3.63, 3.8) is 0 Å². The van der Waals surface area contributed by atoms with Crippen molar-refractivity contribution in [3.8, 4) is 0 Å². The smallest absolute Gasteiger partial charge is 0.312 e. The Kier molecular flexibility index (Phi) is 6.38. The van der Waals surface area contributed by atoms with Gasteiger partial charge in [0.2, 0.25) is 11.9 Å². The van der Waals surface area contributed by atoms with Crippen LogP contribution in [-0.4, -0.2) is 61.7 Å². The molecule has 190 valence electrons. The number of pyridine rings is 1. The SMILES string of the molecule is Cc1nn(CC(=O)Nc2ccc3nc(N4CCN(c5ncccn5)CC4)cc(C)c3c2)c(C)c1[N+](=O)[O-]. The lowest BCUT2D eigenvalue weighted by atomic mass is 10.1. The molecule has 0 saturated carbocycles. The van der Waals surface area contributed by atoms with Crippen LogP contribution in [0.3, 0.4) is 0 Å². The number of hydrogen-bond acceptors (Lipinski definition) is 9. The predicted molar refractivity (Wildman–Crippen MR) is 140 cm³/mol. The second kappa shape index (κ2) is 9.80. The Bertz CT molecular complexity index is 1480. The standard InChI is InChI=1S/C25H27N9O3/c1-16-13-22(31-9-11-32(12-10-31)25-26-7-4-8-27-25)29-21-6-5-19(14-20(16)21)28-23(35)15-33-18(3)24(34(36)37)17(2)30-33/h4-8,13-14H,9-12,15H2,1-3H3,(H,28,35). The van der Waals surface area contributed by atoms with Crippen LogP contribution in [0.25, 0.3) is 10.9 Å². The number of benzene rings is 1. The van der Waals surface area contributed by atoms with Gasteiger partial charge in [-0.15, -0.1) is 0 Å². The maximum absolute atomic E-state index is 12.7. The maximum Gasteiger partial charge on any atom is 0.312 e. The Morgan fingerprint density at radius 1 is 1.05 bits per heavy atom. The van der Waals surface area contributed by atoms with Crippen LogP contribution in [0, 0.1) is 30.9 Å². The van der Waals surface area contributed by atoms with Gasteiger partial charge >= 0.3 is 5.69 Å². The zero-order chi connectivity index (χ0) is 26.1. The molecular weight excluding hydrogens is 474 g/mol. The molecule has 4 heterocycles. The predicted octanol–water partition coefficient (Wildman–Crippen LogP) is 3.02. The lowest BCUT2D eigenvalue weighted by Gasteiger charge is -2.35. The molecule has 1 saturated heterocycles. The van der Waals surface area contributed by atoms with Gasteiger partial charge in [0.1, 0.15) is 23.8 Å². The van der Waals surface area contributed by atoms with E-state index in [1.165, 1.54) is 4.68 Å². The van der Waals surface area contributed by atoms with Crippen LogP contribution < -0.4 is 15.1 Å². The van der Waals surface area contributed by atoms with Crippen molar-refractivity contribution in [2.24, 2.45) is 0 Å². The van der Waals surface area contributed by atoms with Gasteiger partial charge in [-0.3, -0.25) is 19.6 Å². The Morgan fingerprint density at radius 2 is 1.76 bits per heavy atom. The van der Waals surface area contributed by atoms with Crippen molar-refractivity contribution in [2.45, 2.75) is 27.3 Å². The number of carbonyl (C=O) groups is 1. The number of aromatic nitrogens is 5. The van der Waals surface area contributed by atoms with Gasteiger partial charge in [-0.05, 0) is 56.7 Å². The number of amides is 1. The zero-order valence-electron chi connectivity index (χ0n) is 20.9. The van der Waals surface area contributed by atoms with Crippen LogP contribution in [0.5, 0.6) is 0 Å². The molecule has 0 bridgehead atoms. The molecule has 1 N–H and O–H groups in total. The van der Waals surface area contributed by atoms with Gasteiger partial charge in [-0.2, -0.15) is 5.10 Å². The molecular formula is C25H27N9O3. The summed E-state index contributed by atoms with van der Waals surface area (Å²) in [6.45, 7) is 8.31. The fourth-order valence-electron chi connectivity index (χ4n) is 4.65. The van der Waals surface area contributed by atoms with Crippen molar-refractivity contribution in [3.05, 3.63) is 69.8 Å². The van der Waals surface area contributed by atoms with Gasteiger partial charge in [0.15, 0.2) is 0 Å². The number of carbonyl (C=O) groups excluding carboxylic acids is 1. The highest BCUT2D eigenvalue weighted by Gasteiger charge is 2.23. The first kappa shape index (κ1) is 24.1. The van der Waals surface area contributed by atoms with Crippen molar-refractivity contribution in [1.82, 2.24) is 24.7 Å². The summed E-state index contributed by atoms with van der Waals surface area (Å²) >= 11 is 0. The largest absolute Gasteiger partial charge is 0.353 e. The summed E-state index contributed by atoms with van der Waals surface area (Å²) in [6, 6.07) is 9.48. The third-order valence-corrected chi connectivity index (χ3v) is 6.54. The molecule has 1 aliphatic heterocycles. The summed E-state index contributed by atoms with van der Waals surface area (Å²) in [7, 11) is 0. The Hall–Kier alpha value is -4.61. The van der Waals surface area contributed by atoms with E-state index in [0.29, 0.717) is 11.4 Å². The minimum absolute atomic E-state index is 0.0641. The van der Waals surface area contributed by atoms with Crippen molar-refractivity contribution < 1.29 is 9.72 Å². The Balaban J connectivity index is 1.28. The van der Waals surface area contributed by atoms with E-state index in [2.05, 4.69) is 36.2 Å². The lowest BCUT2D eigenvalue weighted by Crippen LogP contribution is -2.47. The van der Waals surface area contributed by atoms with Crippen LogP contribution in [0.4, 0.5) is 23.1 Å². The molecule has 1 aromatic carbocycles. The van der Waals surface area contributed by atoms with Crippen molar-refractivity contribution in [1.29, 1.82) is 0 Å². The number of rotatable bonds is 6. The van der Waals surface area contributed by atoms with E-state index in [9.17, 15) is 14.9 Å². The summed E-state index contributed by atoms with van der Waals surface area (Å²) in [4.78, 5) is 41.4. The van der Waals surface area contributed by atoms with Crippen LogP contribution in [0.2, 0.25) is 0 Å². The second-order valence-corrected chi connectivity index (χ2v) is 9.03. The Morgan fingerprint density at radius 3 is 2.43 bits per heavy atom. The van der Waals surface area contributed by atoms with E-state index in [1.54, 1.807) is 26.2 Å². The van der Waals surface area contributed by atoms with Gasteiger partial charge < -0.3 is 15.1 Å². The van der Waals surface area contributed by atoms with Crippen LogP contribution in [-0.2, 0) is 11.3 Å². The molecule has 0 spiro atoms. The van der Waals surface area contributed by atoms with E-state index in [1.807, 2.05) is 31.2 Å². The summed E-state index contributed by atoms with van der Waals surface area (Å²) in [5.41, 5.74) is 3.10. The average Bonchev–Trinajstić information content (AvgIpc) is 3.17. The van der Waals surface area contributed by atoms with Gasteiger partial charge in [0, 0.05) is 49.6 Å². The van der Waals surface area contributed by atoms with Gasteiger partial charge in [-0.1, -0.05) is 0 Å². The van der Waals surface area contributed by atoms with Crippen LogP contribution >= 0.6 is 0 Å². The van der Waals surface area contributed by atoms with Gasteiger partial charge in [-0.25, -0.2) is 15.0 Å². The lowest BCUT2D eigenvalue weighted by molar-refractivity contribution is -0.386. The summed E-state index contributed by atoms with van der Waals surface area (Å²) in [5, 5.41) is 19.2. The monoisotopic (exact) mass is 501 g/mol. The number of nitrogens with one attached hydrogen (secondary N) is 1. The zero-order valence-corrected chi connectivity index (χ0v) is 20.9. The fraction of sp³-hybridized carbons (Fsp3) is 0.320. The number of anilines is 3. The van der Waals surface area contributed by atoms with E-state index < -0.39 is 4.92 Å². The average molecular weight is 502 g/mol. The molecule has 1 amide bonds. The van der Waals surface area contributed by atoms with Gasteiger partial charge in [0.25, 0.3) is 0 Å². The molecule has 3 aromatic heterocycles. The highest BCUT2D eigenvalue weighted by atomic mass is 16.6. The quantitative estimate of drug-likeness (QED) is 0.312. The molecule has 1 fully saturated rings. The molecule has 0 radical (unpaired) electrons. The molecule has 12 heteroatoms. The third-order valence-electron chi connectivity index (χ3n) is 6.54. The van der Waals surface area contributed by atoms with Crippen LogP contribution in [0.15, 0.2) is 42.7 Å². The molecule has 12 nitrogen and oxygen atoms in total. The number of hydrogen-bond donors (Lipinski definition) is 1. The first-order valence-corrected chi connectivity index (χ1v) is 12.0. The minimum atomic E-state index is -0.475. The Labute approximate surface area is 213 Å². The molecule has 0 atom stereocenters. The first-order chi connectivity index (χ1) is 17.8. The summed E-state index contributed by atoms with van der Waals surface area (Å²) in [6.07, 6.45) is 3.51. The molecule has 5 rings (SSSR count). The number of piperazine rings is 1. The first-order valence-electron chi connectivity index (χ1n) is 12.0. The van der Waals surface area contributed by atoms with E-state index >= 15 is 0 Å².